The summed E-state index contributed by atoms with van der Waals surface area (Å²) in [7, 11) is 2.23. The topological polar surface area (TPSA) is 15.7 Å². The van der Waals surface area contributed by atoms with Crippen molar-refractivity contribution < 1.29 is 4.74 Å². The zero-order valence-electron chi connectivity index (χ0n) is 11.1. The summed E-state index contributed by atoms with van der Waals surface area (Å²) in [6.45, 7) is 5.30. The van der Waals surface area contributed by atoms with E-state index < -0.39 is 0 Å². The van der Waals surface area contributed by atoms with Gasteiger partial charge in [-0.2, -0.15) is 0 Å². The van der Waals surface area contributed by atoms with E-state index in [9.17, 15) is 0 Å². The Labute approximate surface area is 109 Å². The van der Waals surface area contributed by atoms with Gasteiger partial charge in [0.25, 0.3) is 0 Å². The average molecular weight is 246 g/mol. The number of likely N-dealkylation sites (N-methyl/N-ethyl adjacent to an activating group) is 1. The monoisotopic (exact) mass is 246 g/mol. The van der Waals surface area contributed by atoms with Crippen LogP contribution in [0.15, 0.2) is 30.3 Å². The van der Waals surface area contributed by atoms with Gasteiger partial charge in [-0.15, -0.1) is 0 Å². The Morgan fingerprint density at radius 3 is 2.72 bits per heavy atom. The van der Waals surface area contributed by atoms with Crippen molar-refractivity contribution >= 4 is 5.69 Å². The van der Waals surface area contributed by atoms with Crippen molar-refractivity contribution in [3.8, 4) is 0 Å². The Balaban J connectivity index is 1.81. The predicted molar refractivity (Wildman–Crippen MR) is 74.0 cm³/mol. The number of benzene rings is 1. The van der Waals surface area contributed by atoms with Crippen molar-refractivity contribution in [1.82, 2.24) is 4.90 Å². The highest BCUT2D eigenvalue weighted by Gasteiger charge is 2.34. The molecule has 1 aromatic rings. The van der Waals surface area contributed by atoms with Crippen molar-refractivity contribution in [3.05, 3.63) is 30.3 Å². The quantitative estimate of drug-likeness (QED) is 0.792. The third-order valence-corrected chi connectivity index (χ3v) is 4.22. The lowest BCUT2D eigenvalue weighted by molar-refractivity contribution is 0.164. The van der Waals surface area contributed by atoms with Crippen LogP contribution in [0.5, 0.6) is 0 Å². The van der Waals surface area contributed by atoms with Crippen molar-refractivity contribution in [2.45, 2.75) is 12.5 Å². The SMILES string of the molecule is CN1CCN(c2ccccc2)C(C2CCOC2)C1. The summed E-state index contributed by atoms with van der Waals surface area (Å²) in [4.78, 5) is 5.03. The van der Waals surface area contributed by atoms with E-state index in [-0.39, 0.29) is 0 Å². The number of piperazine rings is 1. The van der Waals surface area contributed by atoms with E-state index in [1.54, 1.807) is 0 Å². The molecule has 0 spiro atoms. The van der Waals surface area contributed by atoms with E-state index in [1.165, 1.54) is 12.1 Å². The molecule has 18 heavy (non-hydrogen) atoms. The fourth-order valence-electron chi connectivity index (χ4n) is 3.15. The smallest absolute Gasteiger partial charge is 0.0515 e. The van der Waals surface area contributed by atoms with E-state index in [4.69, 9.17) is 4.74 Å². The summed E-state index contributed by atoms with van der Waals surface area (Å²) in [5, 5.41) is 0. The van der Waals surface area contributed by atoms with Crippen LogP contribution in [0.2, 0.25) is 0 Å². The first kappa shape index (κ1) is 12.0. The third kappa shape index (κ3) is 2.38. The summed E-state index contributed by atoms with van der Waals surface area (Å²) in [6, 6.07) is 11.4. The zero-order valence-corrected chi connectivity index (χ0v) is 11.1. The lowest BCUT2D eigenvalue weighted by Gasteiger charge is -2.44. The molecule has 0 amide bonds. The van der Waals surface area contributed by atoms with Crippen LogP contribution in [-0.2, 0) is 4.74 Å². The molecule has 0 aromatic heterocycles. The minimum atomic E-state index is 0.605. The Kier molecular flexibility index (Phi) is 3.52. The van der Waals surface area contributed by atoms with Gasteiger partial charge in [0.1, 0.15) is 0 Å². The van der Waals surface area contributed by atoms with E-state index in [2.05, 4.69) is 47.2 Å². The fourth-order valence-corrected chi connectivity index (χ4v) is 3.15. The molecular weight excluding hydrogens is 224 g/mol. The standard InChI is InChI=1S/C15H22N2O/c1-16-8-9-17(14-5-3-2-4-6-14)15(11-16)13-7-10-18-12-13/h2-6,13,15H,7-12H2,1H3. The number of hydrogen-bond donors (Lipinski definition) is 0. The summed E-state index contributed by atoms with van der Waals surface area (Å²) in [6.07, 6.45) is 1.21. The number of hydrogen-bond acceptors (Lipinski definition) is 3. The van der Waals surface area contributed by atoms with Gasteiger partial charge in [0.2, 0.25) is 0 Å². The van der Waals surface area contributed by atoms with Crippen molar-refractivity contribution in [3.63, 3.8) is 0 Å². The molecule has 2 saturated heterocycles. The van der Waals surface area contributed by atoms with E-state index in [0.717, 1.165) is 32.8 Å². The molecule has 3 nitrogen and oxygen atoms in total. The molecule has 2 unspecified atom stereocenters. The Bertz CT molecular complexity index is 375. The first-order valence-corrected chi connectivity index (χ1v) is 6.92. The third-order valence-electron chi connectivity index (χ3n) is 4.22. The minimum Gasteiger partial charge on any atom is -0.381 e. The van der Waals surface area contributed by atoms with Gasteiger partial charge < -0.3 is 14.5 Å². The molecule has 2 atom stereocenters. The summed E-state index contributed by atoms with van der Waals surface area (Å²) < 4.78 is 5.58. The lowest BCUT2D eigenvalue weighted by atomic mass is 9.94. The molecule has 3 rings (SSSR count). The zero-order chi connectivity index (χ0) is 12.4. The summed E-state index contributed by atoms with van der Waals surface area (Å²) in [5.41, 5.74) is 1.36. The van der Waals surface area contributed by atoms with E-state index in [1.807, 2.05) is 0 Å². The van der Waals surface area contributed by atoms with Crippen LogP contribution in [-0.4, -0.2) is 50.8 Å². The van der Waals surface area contributed by atoms with Gasteiger partial charge in [-0.25, -0.2) is 0 Å². The van der Waals surface area contributed by atoms with Gasteiger partial charge in [-0.1, -0.05) is 18.2 Å². The first-order chi connectivity index (χ1) is 8.84. The predicted octanol–water partition coefficient (Wildman–Crippen LogP) is 1.84. The molecule has 0 aliphatic carbocycles. The van der Waals surface area contributed by atoms with E-state index in [0.29, 0.717) is 12.0 Å². The maximum atomic E-state index is 5.58. The second-order valence-corrected chi connectivity index (χ2v) is 5.48. The van der Waals surface area contributed by atoms with Crippen LogP contribution in [0.25, 0.3) is 0 Å². The molecule has 2 aliphatic heterocycles. The first-order valence-electron chi connectivity index (χ1n) is 6.92. The van der Waals surface area contributed by atoms with Crippen LogP contribution in [0, 0.1) is 5.92 Å². The average Bonchev–Trinajstić information content (AvgIpc) is 2.93. The van der Waals surface area contributed by atoms with Crippen molar-refractivity contribution in [2.24, 2.45) is 5.92 Å². The fraction of sp³-hybridized carbons (Fsp3) is 0.600. The van der Waals surface area contributed by atoms with Gasteiger partial charge in [-0.3, -0.25) is 0 Å². The van der Waals surface area contributed by atoms with Crippen LogP contribution >= 0.6 is 0 Å². The molecule has 98 valence electrons. The molecule has 1 aromatic carbocycles. The second kappa shape index (κ2) is 5.29. The molecule has 0 saturated carbocycles. The largest absolute Gasteiger partial charge is 0.381 e. The highest BCUT2D eigenvalue weighted by molar-refractivity contribution is 5.48. The molecule has 3 heteroatoms. The molecule has 2 aliphatic rings. The van der Waals surface area contributed by atoms with Crippen LogP contribution in [0.3, 0.4) is 0 Å². The van der Waals surface area contributed by atoms with Crippen LogP contribution in [0.4, 0.5) is 5.69 Å². The van der Waals surface area contributed by atoms with Crippen molar-refractivity contribution in [1.29, 1.82) is 0 Å². The highest BCUT2D eigenvalue weighted by atomic mass is 16.5. The molecule has 0 N–H and O–H groups in total. The maximum Gasteiger partial charge on any atom is 0.0515 e. The molecule has 2 fully saturated rings. The minimum absolute atomic E-state index is 0.605. The van der Waals surface area contributed by atoms with Crippen LogP contribution in [0.1, 0.15) is 6.42 Å². The number of rotatable bonds is 2. The molecule has 0 bridgehead atoms. The Morgan fingerprint density at radius 1 is 1.17 bits per heavy atom. The van der Waals surface area contributed by atoms with E-state index >= 15 is 0 Å². The number of para-hydroxylation sites is 1. The van der Waals surface area contributed by atoms with Gasteiger partial charge in [0.15, 0.2) is 0 Å². The molecular formula is C15H22N2O. The summed E-state index contributed by atoms with van der Waals surface area (Å²) in [5.74, 6) is 0.688. The number of ether oxygens (including phenoxy) is 1. The van der Waals surface area contributed by atoms with Gasteiger partial charge in [-0.05, 0) is 25.6 Å². The Morgan fingerprint density at radius 2 is 2.00 bits per heavy atom. The molecule has 0 radical (unpaired) electrons. The second-order valence-electron chi connectivity index (χ2n) is 5.48. The summed E-state index contributed by atoms with van der Waals surface area (Å²) >= 11 is 0. The lowest BCUT2D eigenvalue weighted by Crippen LogP contribution is -2.55. The van der Waals surface area contributed by atoms with Crippen LogP contribution < -0.4 is 4.90 Å². The Hall–Kier alpha value is -1.06. The molecule has 2 heterocycles. The number of nitrogens with zero attached hydrogens (tertiary/aromatic N) is 2. The van der Waals surface area contributed by atoms with Gasteiger partial charge >= 0.3 is 0 Å². The van der Waals surface area contributed by atoms with Gasteiger partial charge in [0, 0.05) is 43.9 Å². The number of anilines is 1. The van der Waals surface area contributed by atoms with Gasteiger partial charge in [0.05, 0.1) is 6.61 Å². The maximum absolute atomic E-state index is 5.58. The van der Waals surface area contributed by atoms with Crippen molar-refractivity contribution in [2.75, 3.05) is 44.8 Å². The highest BCUT2D eigenvalue weighted by Crippen LogP contribution is 2.28. The normalized spacial score (nSPS) is 29.7.